The lowest BCUT2D eigenvalue weighted by molar-refractivity contribution is -0.384. The first-order valence-corrected chi connectivity index (χ1v) is 12.9. The number of amides is 1. The van der Waals surface area contributed by atoms with Gasteiger partial charge in [0, 0.05) is 62.2 Å². The molecular weight excluding hydrogens is 490 g/mol. The lowest BCUT2D eigenvalue weighted by atomic mass is 10.1. The van der Waals surface area contributed by atoms with E-state index in [1.807, 2.05) is 71.6 Å². The average molecular weight is 518 g/mol. The summed E-state index contributed by atoms with van der Waals surface area (Å²) in [4.78, 5) is 33.2. The van der Waals surface area contributed by atoms with Crippen LogP contribution in [0, 0.1) is 10.1 Å². The maximum Gasteiger partial charge on any atom is 0.270 e. The van der Waals surface area contributed by atoms with Crippen LogP contribution in [0.3, 0.4) is 0 Å². The number of piperazine rings is 1. The maximum absolute atomic E-state index is 12.9. The molecule has 6 rings (SSSR count). The second kappa shape index (κ2) is 10.5. The van der Waals surface area contributed by atoms with Gasteiger partial charge in [-0.15, -0.1) is 0 Å². The quantitative estimate of drug-likeness (QED) is 0.218. The van der Waals surface area contributed by atoms with E-state index < -0.39 is 0 Å². The van der Waals surface area contributed by atoms with E-state index in [1.165, 1.54) is 6.07 Å². The summed E-state index contributed by atoms with van der Waals surface area (Å²) in [7, 11) is 0. The molecule has 0 spiro atoms. The SMILES string of the molecule is O=C(c1ccccc1)N1CCN(Cc2c(-c3cccc([N+](=O)[O-])c3)nc3ccc(-c4ccccc4)cn23)CC1. The minimum atomic E-state index is -0.380. The van der Waals surface area contributed by atoms with Crippen molar-refractivity contribution in [3.8, 4) is 22.4 Å². The zero-order valence-corrected chi connectivity index (χ0v) is 21.3. The normalized spacial score (nSPS) is 14.0. The first kappa shape index (κ1) is 24.5. The van der Waals surface area contributed by atoms with Gasteiger partial charge in [0.15, 0.2) is 0 Å². The van der Waals surface area contributed by atoms with Crippen LogP contribution in [0.1, 0.15) is 16.1 Å². The van der Waals surface area contributed by atoms with Crippen LogP contribution in [-0.2, 0) is 6.54 Å². The predicted molar refractivity (Wildman–Crippen MR) is 150 cm³/mol. The number of hydrogen-bond acceptors (Lipinski definition) is 5. The summed E-state index contributed by atoms with van der Waals surface area (Å²) in [5.74, 6) is 0.0508. The van der Waals surface area contributed by atoms with Crippen LogP contribution in [0.25, 0.3) is 28.0 Å². The lowest BCUT2D eigenvalue weighted by Crippen LogP contribution is -2.48. The summed E-state index contributed by atoms with van der Waals surface area (Å²) >= 11 is 0. The van der Waals surface area contributed by atoms with Gasteiger partial charge in [-0.2, -0.15) is 0 Å². The highest BCUT2D eigenvalue weighted by atomic mass is 16.6. The number of nitrogens with zero attached hydrogens (tertiary/aromatic N) is 5. The van der Waals surface area contributed by atoms with Crippen LogP contribution < -0.4 is 0 Å². The topological polar surface area (TPSA) is 84.0 Å². The van der Waals surface area contributed by atoms with Gasteiger partial charge in [0.25, 0.3) is 11.6 Å². The van der Waals surface area contributed by atoms with E-state index in [0.717, 1.165) is 41.3 Å². The molecule has 0 aliphatic carbocycles. The summed E-state index contributed by atoms with van der Waals surface area (Å²) < 4.78 is 2.10. The third-order valence-electron chi connectivity index (χ3n) is 7.21. The minimum Gasteiger partial charge on any atom is -0.336 e. The second-order valence-electron chi connectivity index (χ2n) is 9.66. The summed E-state index contributed by atoms with van der Waals surface area (Å²) in [6.07, 6.45) is 2.09. The van der Waals surface area contributed by atoms with Crippen LogP contribution in [0.5, 0.6) is 0 Å². The van der Waals surface area contributed by atoms with Crippen LogP contribution in [0.4, 0.5) is 5.69 Å². The van der Waals surface area contributed by atoms with Crippen molar-refractivity contribution in [1.29, 1.82) is 0 Å². The highest BCUT2D eigenvalue weighted by Gasteiger charge is 2.25. The smallest absolute Gasteiger partial charge is 0.270 e. The molecule has 0 radical (unpaired) electrons. The molecule has 3 heterocycles. The Balaban J connectivity index is 1.33. The van der Waals surface area contributed by atoms with E-state index in [-0.39, 0.29) is 16.5 Å². The fourth-order valence-corrected chi connectivity index (χ4v) is 5.13. The van der Waals surface area contributed by atoms with Gasteiger partial charge >= 0.3 is 0 Å². The van der Waals surface area contributed by atoms with Crippen LogP contribution >= 0.6 is 0 Å². The van der Waals surface area contributed by atoms with Crippen LogP contribution in [0.15, 0.2) is 103 Å². The Labute approximate surface area is 225 Å². The van der Waals surface area contributed by atoms with E-state index in [1.54, 1.807) is 12.1 Å². The monoisotopic (exact) mass is 517 g/mol. The highest BCUT2D eigenvalue weighted by Crippen LogP contribution is 2.30. The molecule has 0 N–H and O–H groups in total. The molecule has 0 atom stereocenters. The Hall–Kier alpha value is -4.82. The van der Waals surface area contributed by atoms with Crippen molar-refractivity contribution in [1.82, 2.24) is 19.2 Å². The summed E-state index contributed by atoms with van der Waals surface area (Å²) in [5.41, 5.74) is 6.08. The van der Waals surface area contributed by atoms with Crippen molar-refractivity contribution in [3.63, 3.8) is 0 Å². The molecule has 0 bridgehead atoms. The number of benzene rings is 3. The first-order chi connectivity index (χ1) is 19.1. The molecule has 5 aromatic rings. The van der Waals surface area contributed by atoms with Gasteiger partial charge in [0.2, 0.25) is 0 Å². The fraction of sp³-hybridized carbons (Fsp3) is 0.161. The highest BCUT2D eigenvalue weighted by molar-refractivity contribution is 5.94. The third-order valence-corrected chi connectivity index (χ3v) is 7.21. The Bertz CT molecular complexity index is 1640. The van der Waals surface area contributed by atoms with Gasteiger partial charge in [-0.05, 0) is 35.4 Å². The van der Waals surface area contributed by atoms with Crippen molar-refractivity contribution in [2.75, 3.05) is 26.2 Å². The number of rotatable bonds is 6. The molecule has 1 fully saturated rings. The second-order valence-corrected chi connectivity index (χ2v) is 9.66. The van der Waals surface area contributed by atoms with Crippen molar-refractivity contribution in [2.45, 2.75) is 6.54 Å². The largest absolute Gasteiger partial charge is 0.336 e. The van der Waals surface area contributed by atoms with Gasteiger partial charge in [0.05, 0.1) is 16.3 Å². The van der Waals surface area contributed by atoms with Crippen molar-refractivity contribution < 1.29 is 9.72 Å². The number of pyridine rings is 1. The zero-order chi connectivity index (χ0) is 26.8. The summed E-state index contributed by atoms with van der Waals surface area (Å²) in [6, 6.07) is 30.2. The summed E-state index contributed by atoms with van der Waals surface area (Å²) in [5, 5.41) is 11.5. The molecule has 3 aromatic carbocycles. The Morgan fingerprint density at radius 1 is 0.795 bits per heavy atom. The van der Waals surface area contributed by atoms with Crippen molar-refractivity contribution in [2.24, 2.45) is 0 Å². The Morgan fingerprint density at radius 3 is 2.21 bits per heavy atom. The molecule has 194 valence electrons. The molecule has 8 nitrogen and oxygen atoms in total. The minimum absolute atomic E-state index is 0.0357. The Morgan fingerprint density at radius 2 is 1.49 bits per heavy atom. The number of carbonyl (C=O) groups is 1. The van der Waals surface area contributed by atoms with Crippen molar-refractivity contribution in [3.05, 3.63) is 125 Å². The number of imidazole rings is 1. The number of aromatic nitrogens is 2. The molecule has 1 aliphatic rings. The molecule has 2 aromatic heterocycles. The summed E-state index contributed by atoms with van der Waals surface area (Å²) in [6.45, 7) is 3.31. The van der Waals surface area contributed by atoms with E-state index in [2.05, 4.69) is 27.6 Å². The molecular formula is C31H27N5O3. The van der Waals surface area contributed by atoms with Crippen LogP contribution in [0.2, 0.25) is 0 Å². The molecule has 0 unspecified atom stereocenters. The van der Waals surface area contributed by atoms with E-state index in [0.29, 0.717) is 30.8 Å². The van der Waals surface area contributed by atoms with Gasteiger partial charge in [-0.1, -0.05) is 60.7 Å². The number of nitro groups is 1. The van der Waals surface area contributed by atoms with Gasteiger partial charge < -0.3 is 9.30 Å². The molecule has 1 saturated heterocycles. The molecule has 0 saturated carbocycles. The average Bonchev–Trinajstić information content (AvgIpc) is 3.35. The van der Waals surface area contributed by atoms with E-state index in [4.69, 9.17) is 4.98 Å². The molecule has 1 amide bonds. The first-order valence-electron chi connectivity index (χ1n) is 12.9. The number of hydrogen-bond donors (Lipinski definition) is 0. The molecule has 8 heteroatoms. The number of carbonyl (C=O) groups excluding carboxylic acids is 1. The van der Waals surface area contributed by atoms with Gasteiger partial charge in [-0.3, -0.25) is 19.8 Å². The fourth-order valence-electron chi connectivity index (χ4n) is 5.13. The van der Waals surface area contributed by atoms with Gasteiger partial charge in [-0.25, -0.2) is 4.98 Å². The van der Waals surface area contributed by atoms with Gasteiger partial charge in [0.1, 0.15) is 5.65 Å². The number of fused-ring (bicyclic) bond motifs is 1. The number of non-ortho nitro benzene ring substituents is 1. The molecule has 1 aliphatic heterocycles. The Kier molecular flexibility index (Phi) is 6.61. The predicted octanol–water partition coefficient (Wildman–Crippen LogP) is 5.53. The zero-order valence-electron chi connectivity index (χ0n) is 21.3. The maximum atomic E-state index is 12.9. The van der Waals surface area contributed by atoms with E-state index in [9.17, 15) is 14.9 Å². The number of nitro benzene ring substituents is 1. The standard InChI is InChI=1S/C31H27N5O3/c37-31(24-10-5-2-6-11-24)34-18-16-33(17-19-34)22-28-30(25-12-7-13-27(20-25)36(38)39)32-29-15-14-26(21-35(28)29)23-8-3-1-4-9-23/h1-15,20-21H,16-19,22H2. The third kappa shape index (κ3) is 5.02. The van der Waals surface area contributed by atoms with Crippen LogP contribution in [-0.4, -0.2) is 56.2 Å². The lowest BCUT2D eigenvalue weighted by Gasteiger charge is -2.34. The van der Waals surface area contributed by atoms with Crippen molar-refractivity contribution >= 4 is 17.2 Å². The van der Waals surface area contributed by atoms with E-state index >= 15 is 0 Å². The molecule has 39 heavy (non-hydrogen) atoms.